The summed E-state index contributed by atoms with van der Waals surface area (Å²) in [6.45, 7) is 45.4. The highest BCUT2D eigenvalue weighted by molar-refractivity contribution is 7.86. The molecular weight excluding hydrogens is 1770 g/mol. The number of nitrogens with zero attached hydrogens (tertiary/aromatic N) is 4. The van der Waals surface area contributed by atoms with E-state index in [9.17, 15) is 60.3 Å². The van der Waals surface area contributed by atoms with E-state index in [1.54, 1.807) is 87.5 Å². The molecule has 3 fully saturated rings. The number of halogens is 1. The van der Waals surface area contributed by atoms with E-state index in [4.69, 9.17) is 40.4 Å². The average molecular weight is 1930 g/mol. The number of nitrogens with one attached hydrogen (secondary N) is 2. The molecule has 11 rings (SSSR count). The van der Waals surface area contributed by atoms with Gasteiger partial charge in [-0.1, -0.05) is 252 Å². The van der Waals surface area contributed by atoms with E-state index in [0.717, 1.165) is 149 Å². The molecule has 2 heterocycles. The minimum absolute atomic E-state index is 0. The fourth-order valence-corrected chi connectivity index (χ4v) is 18.1. The van der Waals surface area contributed by atoms with E-state index in [-0.39, 0.29) is 94.4 Å². The van der Waals surface area contributed by atoms with E-state index in [1.165, 1.54) is 7.11 Å². The lowest BCUT2D eigenvalue weighted by atomic mass is 9.69. The largest absolute Gasteiger partial charge is 0.479 e. The lowest BCUT2D eigenvalue weighted by molar-refractivity contribution is -0.139. The van der Waals surface area contributed by atoms with Crippen molar-refractivity contribution in [3.8, 4) is 0 Å². The molecule has 4 atom stereocenters. The number of aliphatic carboxylic acids is 1. The molecule has 2 aliphatic heterocycles. The smallest absolute Gasteiger partial charge is 0.408 e. The first kappa shape index (κ1) is 116. The lowest BCUT2D eigenvalue weighted by Crippen LogP contribution is -2.51. The van der Waals surface area contributed by atoms with Gasteiger partial charge in [-0.15, -0.1) is 12.4 Å². The maximum Gasteiger partial charge on any atom is 0.408 e. The topological polar surface area (TPSA) is 412 Å². The lowest BCUT2D eigenvalue weighted by Gasteiger charge is -2.47. The van der Waals surface area contributed by atoms with E-state index in [2.05, 4.69) is 150 Å². The number of ether oxygens (including phenoxy) is 2. The molecule has 746 valence electrons. The van der Waals surface area contributed by atoms with Gasteiger partial charge in [-0.2, -0.15) is 16.8 Å². The first-order chi connectivity index (χ1) is 62.0. The van der Waals surface area contributed by atoms with Gasteiger partial charge in [0.1, 0.15) is 34.1 Å². The Morgan fingerprint density at radius 3 is 1.15 bits per heavy atom. The molecular formula is C106H155ClN8O18S2. The number of ketones is 1. The molecule has 135 heavy (non-hydrogen) atoms. The molecule has 6 aromatic carbocycles. The van der Waals surface area contributed by atoms with Crippen molar-refractivity contribution in [2.75, 3.05) is 31.7 Å². The van der Waals surface area contributed by atoms with E-state index in [0.29, 0.717) is 56.6 Å². The Kier molecular flexibility index (Phi) is 42.6. The minimum atomic E-state index is -4.17. The number of hydrogen-bond acceptors (Lipinski definition) is 18. The van der Waals surface area contributed by atoms with Gasteiger partial charge in [0.05, 0.1) is 41.8 Å². The fourth-order valence-electron chi connectivity index (χ4n) is 17.4. The third-order valence-corrected chi connectivity index (χ3v) is 26.8. The SMILES string of the molecule is CC(C)(C)C1CCC(=O)CC1.CC(C)(C)CC[C@H](c1ccc(C(=O)NCCS(=O)(=O)O)cc1)N1C(=O)C(c2ccccc2)=NC12CCC(C(C)(C)C)CC2.CC(C)(C)CC[C@H](c1ccc(C(=O)O)cc1)N1C(=O)C(c2ccccc2)=NC12CCC(C(C)(C)C)CC2.CC(C)(C)OC(=O)NC(C(=O)O)c1ccccc1.COC(=O)c1ccc([C@H](N)CCC(C)(C)C)cc1.Cl.NCCS(=O)(=O)O. The summed E-state index contributed by atoms with van der Waals surface area (Å²) >= 11 is 0. The first-order valence-electron chi connectivity index (χ1n) is 47.0. The van der Waals surface area contributed by atoms with Crippen LogP contribution in [0.2, 0.25) is 0 Å². The van der Waals surface area contributed by atoms with E-state index >= 15 is 0 Å². The Bertz CT molecular complexity index is 5140. The summed E-state index contributed by atoms with van der Waals surface area (Å²) < 4.78 is 68.0. The Hall–Kier alpha value is -9.55. The molecule has 1 unspecified atom stereocenters. The number of aliphatic imine (C=N–C) groups is 2. The van der Waals surface area contributed by atoms with Crippen molar-refractivity contribution in [1.82, 2.24) is 20.4 Å². The molecule has 0 bridgehead atoms. The number of carbonyl (C=O) groups is 8. The molecule has 6 aromatic rings. The molecule has 3 saturated carbocycles. The zero-order valence-electron chi connectivity index (χ0n) is 83.9. The number of carbonyl (C=O) groups excluding carboxylic acids is 6. The van der Waals surface area contributed by atoms with Crippen LogP contribution >= 0.6 is 12.4 Å². The Morgan fingerprint density at radius 2 is 0.822 bits per heavy atom. The molecule has 3 aliphatic carbocycles. The van der Waals surface area contributed by atoms with Gasteiger partial charge >= 0.3 is 24.0 Å². The molecule has 26 nitrogen and oxygen atoms in total. The van der Waals surface area contributed by atoms with Crippen molar-refractivity contribution in [2.24, 2.45) is 71.7 Å². The second kappa shape index (κ2) is 49.6. The zero-order valence-corrected chi connectivity index (χ0v) is 86.3. The predicted octanol–water partition coefficient (Wildman–Crippen LogP) is 21.6. The van der Waals surface area contributed by atoms with Crippen LogP contribution in [-0.2, 0) is 48.9 Å². The number of rotatable bonds is 24. The second-order valence-electron chi connectivity index (χ2n) is 44.0. The number of esters is 1. The number of amides is 4. The Balaban J connectivity index is 0.000000313. The van der Waals surface area contributed by atoms with Gasteiger partial charge in [-0.3, -0.25) is 38.3 Å². The predicted molar refractivity (Wildman–Crippen MR) is 538 cm³/mol. The van der Waals surface area contributed by atoms with Crippen LogP contribution in [-0.4, -0.2) is 154 Å². The molecule has 0 saturated heterocycles. The van der Waals surface area contributed by atoms with Crippen LogP contribution in [0.1, 0.15) is 350 Å². The highest BCUT2D eigenvalue weighted by Gasteiger charge is 2.55. The number of carboxylic acid groups (broad SMARTS) is 2. The van der Waals surface area contributed by atoms with Crippen molar-refractivity contribution >= 4 is 91.6 Å². The van der Waals surface area contributed by atoms with Gasteiger partial charge in [0.25, 0.3) is 38.0 Å². The van der Waals surface area contributed by atoms with Crippen LogP contribution in [0.25, 0.3) is 0 Å². The van der Waals surface area contributed by atoms with Crippen LogP contribution in [0.4, 0.5) is 4.79 Å². The number of methoxy groups -OCH3 is 1. The van der Waals surface area contributed by atoms with Gasteiger partial charge in [-0.25, -0.2) is 19.2 Å². The van der Waals surface area contributed by atoms with Crippen LogP contribution in [0, 0.1) is 50.2 Å². The standard InChI is InChI=1S/C34H47N3O5S.C32H42N2O3.C15H23NO2.C13H17NO4.C10H18O.C2H7NO3S.ClH/c1-32(2,3)19-18-28(24-12-14-26(15-13-24)30(38)35-22-23-43(40,41)42)37-31(39)29(25-10-8-7-9-11-25)36-34(37)20-16-27(17-21-34)33(4,5)6;1-30(2,3)19-18-26(22-12-14-24(15-13-22)29(36)37)34-28(35)27(23-10-8-7-9-11-23)33-32(34)20-16-25(17-21-32)31(4,5)6;1-15(2,3)10-9-13(16)11-5-7-12(8-6-11)14(17)18-4;1-13(2,3)18-12(17)14-10(11(15)16)9-7-5-4-6-8-9;1-10(2,3)8-4-6-9(11)7-5-8;3-1-2-7(4,5)6;/h7-15,27-28H,16-23H2,1-6H3,(H,35,38)(H,40,41,42);7-15,25-26H,16-21H2,1-6H3,(H,36,37);5-8,13H,9-10,16H2,1-4H3;4-8,10H,1-3H3,(H,14,17)(H,15,16);8H,4-7H2,1-3H3;1-3H2,(H,4,5,6);1H/t27?,28-,34?;25?,26-,32?;13-;;;;/m111..../s1. The van der Waals surface area contributed by atoms with Gasteiger partial charge in [0.2, 0.25) is 0 Å². The summed E-state index contributed by atoms with van der Waals surface area (Å²) in [6, 6.07) is 48.1. The number of hydrogen-bond donors (Lipinski definition) is 8. The Morgan fingerprint density at radius 1 is 0.474 bits per heavy atom. The van der Waals surface area contributed by atoms with Crippen molar-refractivity contribution in [3.63, 3.8) is 0 Å². The molecule has 10 N–H and O–H groups in total. The molecule has 5 aliphatic rings. The van der Waals surface area contributed by atoms with Crippen LogP contribution in [0.5, 0.6) is 0 Å². The van der Waals surface area contributed by atoms with Crippen LogP contribution in [0.15, 0.2) is 174 Å². The highest BCUT2D eigenvalue weighted by atomic mass is 35.5. The van der Waals surface area contributed by atoms with Crippen molar-refractivity contribution < 1.29 is 84.0 Å². The summed E-state index contributed by atoms with van der Waals surface area (Å²) in [7, 11) is -6.59. The summed E-state index contributed by atoms with van der Waals surface area (Å²) in [5.41, 5.74) is 17.7. The third kappa shape index (κ3) is 37.7. The number of alkyl carbamates (subject to hydrolysis) is 1. The van der Waals surface area contributed by atoms with Gasteiger partial charge in [0.15, 0.2) is 6.04 Å². The first-order valence-corrected chi connectivity index (χ1v) is 50.2. The number of aromatic carboxylic acids is 1. The van der Waals surface area contributed by atoms with Crippen molar-refractivity contribution in [2.45, 2.75) is 302 Å². The van der Waals surface area contributed by atoms with Gasteiger partial charge < -0.3 is 51.6 Å². The maximum atomic E-state index is 14.4. The highest BCUT2D eigenvalue weighted by Crippen LogP contribution is 2.53. The quantitative estimate of drug-likeness (QED) is 0.0206. The van der Waals surface area contributed by atoms with Crippen LogP contribution < -0.4 is 22.1 Å². The van der Waals surface area contributed by atoms with E-state index < -0.39 is 72.9 Å². The summed E-state index contributed by atoms with van der Waals surface area (Å²) in [5, 5.41) is 23.4. The third-order valence-electron chi connectivity index (χ3n) is 25.4. The molecule has 29 heteroatoms. The zero-order chi connectivity index (χ0) is 101. The van der Waals surface area contributed by atoms with Gasteiger partial charge in [-0.05, 0) is 232 Å². The average Bonchev–Trinajstić information content (AvgIpc) is 1.59. The Labute approximate surface area is 810 Å². The van der Waals surface area contributed by atoms with E-state index in [1.807, 2.05) is 97.1 Å². The maximum absolute atomic E-state index is 14.4. The molecule has 0 aromatic heterocycles. The molecule has 4 amide bonds. The molecule has 0 radical (unpaired) electrons. The number of carboxylic acids is 2. The summed E-state index contributed by atoms with van der Waals surface area (Å²) in [6.07, 6.45) is 15.8. The number of Topliss-reactive ketones (excluding diaryl/α,β-unsaturated/α-hetero) is 1. The fraction of sp³-hybridized carbons (Fsp3) is 0.566. The van der Waals surface area contributed by atoms with Crippen molar-refractivity contribution in [3.05, 3.63) is 214 Å². The second-order valence-corrected chi connectivity index (χ2v) is 47.1. The van der Waals surface area contributed by atoms with Crippen LogP contribution in [0.3, 0.4) is 0 Å². The normalized spacial score (nSPS) is 19.3. The van der Waals surface area contributed by atoms with Crippen molar-refractivity contribution in [1.29, 1.82) is 0 Å². The monoisotopic (exact) mass is 1930 g/mol. The minimum Gasteiger partial charge on any atom is -0.479 e. The molecule has 2 spiro atoms. The number of nitrogens with two attached hydrogens (primary N) is 2. The number of benzene rings is 6. The van der Waals surface area contributed by atoms with Gasteiger partial charge in [0, 0.05) is 48.7 Å². The summed E-state index contributed by atoms with van der Waals surface area (Å²) in [4.78, 5) is 112. The summed E-state index contributed by atoms with van der Waals surface area (Å²) in [5.74, 6) is -1.41.